The number of nitrogen functional groups attached to an aromatic ring is 1. The van der Waals surface area contributed by atoms with Crippen LogP contribution in [0.4, 0.5) is 22.9 Å². The normalized spacial score (nSPS) is 14.3. The Labute approximate surface area is 169 Å². The SMILES string of the molecule is CCOc1nc(Nc2ccc(C3Nc4cc(C)ccc4O3)cc2)cc(N)c1C#N. The van der Waals surface area contributed by atoms with Gasteiger partial charge in [0.05, 0.1) is 18.0 Å². The highest BCUT2D eigenvalue weighted by Gasteiger charge is 2.23. The van der Waals surface area contributed by atoms with E-state index < -0.39 is 0 Å². The molecule has 0 saturated carbocycles. The van der Waals surface area contributed by atoms with E-state index in [9.17, 15) is 5.26 Å². The van der Waals surface area contributed by atoms with Crippen LogP contribution in [-0.4, -0.2) is 11.6 Å². The van der Waals surface area contributed by atoms with Crippen molar-refractivity contribution in [3.63, 3.8) is 0 Å². The van der Waals surface area contributed by atoms with Gasteiger partial charge in [-0.2, -0.15) is 10.2 Å². The average molecular weight is 387 g/mol. The molecule has 0 aliphatic carbocycles. The molecule has 4 rings (SSSR count). The second kappa shape index (κ2) is 7.60. The van der Waals surface area contributed by atoms with Crippen LogP contribution in [-0.2, 0) is 0 Å². The molecule has 0 saturated heterocycles. The predicted molar refractivity (Wildman–Crippen MR) is 112 cm³/mol. The van der Waals surface area contributed by atoms with E-state index in [4.69, 9.17) is 15.2 Å². The van der Waals surface area contributed by atoms with Gasteiger partial charge in [0.15, 0.2) is 6.23 Å². The second-order valence-corrected chi connectivity index (χ2v) is 6.71. The maximum atomic E-state index is 9.23. The van der Waals surface area contributed by atoms with Crippen LogP contribution < -0.4 is 25.8 Å². The summed E-state index contributed by atoms with van der Waals surface area (Å²) in [4.78, 5) is 4.35. The van der Waals surface area contributed by atoms with Gasteiger partial charge in [-0.1, -0.05) is 18.2 Å². The lowest BCUT2D eigenvalue weighted by Crippen LogP contribution is -2.10. The van der Waals surface area contributed by atoms with Gasteiger partial charge in [0.2, 0.25) is 5.88 Å². The van der Waals surface area contributed by atoms with Crippen molar-refractivity contribution >= 4 is 22.9 Å². The highest BCUT2D eigenvalue weighted by atomic mass is 16.5. The van der Waals surface area contributed by atoms with E-state index in [0.717, 1.165) is 22.7 Å². The molecule has 3 aromatic rings. The standard InChI is InChI=1S/C22H21N5O2/c1-3-28-22-16(12-23)17(24)11-20(27-22)25-15-7-5-14(6-8-15)21-26-18-10-13(2)4-9-19(18)29-21/h4-11,21,26H,3H2,1-2H3,(H3,24,25,27). The molecular weight excluding hydrogens is 366 g/mol. The molecule has 2 heterocycles. The number of nitrogens with zero attached hydrogens (tertiary/aromatic N) is 2. The summed E-state index contributed by atoms with van der Waals surface area (Å²) in [5.74, 6) is 1.59. The van der Waals surface area contributed by atoms with E-state index in [0.29, 0.717) is 18.1 Å². The number of rotatable bonds is 5. The van der Waals surface area contributed by atoms with Crippen LogP contribution in [0, 0.1) is 18.3 Å². The molecule has 0 spiro atoms. The smallest absolute Gasteiger partial charge is 0.235 e. The zero-order chi connectivity index (χ0) is 20.4. The Hall–Kier alpha value is -3.92. The maximum Gasteiger partial charge on any atom is 0.235 e. The van der Waals surface area contributed by atoms with Crippen LogP contribution in [0.2, 0.25) is 0 Å². The molecule has 1 atom stereocenters. The second-order valence-electron chi connectivity index (χ2n) is 6.71. The molecule has 146 valence electrons. The zero-order valence-corrected chi connectivity index (χ0v) is 16.2. The van der Waals surface area contributed by atoms with E-state index in [1.807, 2.05) is 49.4 Å². The number of aromatic nitrogens is 1. The predicted octanol–water partition coefficient (Wildman–Crippen LogP) is 4.49. The first kappa shape index (κ1) is 18.4. The van der Waals surface area contributed by atoms with Crippen LogP contribution in [0.5, 0.6) is 11.6 Å². The summed E-state index contributed by atoms with van der Waals surface area (Å²) in [6.45, 7) is 4.28. The molecule has 7 heteroatoms. The number of aryl methyl sites for hydroxylation is 1. The van der Waals surface area contributed by atoms with Gasteiger partial charge in [-0.15, -0.1) is 0 Å². The van der Waals surface area contributed by atoms with E-state index in [2.05, 4.69) is 28.6 Å². The van der Waals surface area contributed by atoms with Gasteiger partial charge in [-0.25, -0.2) is 0 Å². The van der Waals surface area contributed by atoms with Gasteiger partial charge in [-0.3, -0.25) is 0 Å². The Morgan fingerprint density at radius 2 is 2.03 bits per heavy atom. The summed E-state index contributed by atoms with van der Waals surface area (Å²) in [6.07, 6.45) is -0.228. The monoisotopic (exact) mass is 387 g/mol. The fraction of sp³-hybridized carbons (Fsp3) is 0.182. The molecular formula is C22H21N5O2. The number of nitriles is 1. The summed E-state index contributed by atoms with van der Waals surface area (Å²) >= 11 is 0. The van der Waals surface area contributed by atoms with Crippen LogP contribution >= 0.6 is 0 Å². The molecule has 1 aromatic heterocycles. The van der Waals surface area contributed by atoms with Gasteiger partial charge < -0.3 is 25.8 Å². The largest absolute Gasteiger partial charge is 0.477 e. The fourth-order valence-electron chi connectivity index (χ4n) is 3.16. The number of fused-ring (bicyclic) bond motifs is 1. The molecule has 2 aromatic carbocycles. The molecule has 29 heavy (non-hydrogen) atoms. The lowest BCUT2D eigenvalue weighted by molar-refractivity contribution is 0.260. The van der Waals surface area contributed by atoms with Crippen molar-refractivity contribution in [2.24, 2.45) is 0 Å². The molecule has 1 aliphatic heterocycles. The Bertz CT molecular complexity index is 1090. The minimum atomic E-state index is -0.228. The van der Waals surface area contributed by atoms with Crippen LogP contribution in [0.15, 0.2) is 48.5 Å². The lowest BCUT2D eigenvalue weighted by Gasteiger charge is -2.14. The summed E-state index contributed by atoms with van der Waals surface area (Å²) < 4.78 is 11.4. The van der Waals surface area contributed by atoms with E-state index in [1.54, 1.807) is 6.07 Å². The van der Waals surface area contributed by atoms with Crippen molar-refractivity contribution < 1.29 is 9.47 Å². The number of hydrogen-bond acceptors (Lipinski definition) is 7. The number of benzene rings is 2. The van der Waals surface area contributed by atoms with Crippen LogP contribution in [0.25, 0.3) is 0 Å². The average Bonchev–Trinajstić information content (AvgIpc) is 3.12. The first-order valence-corrected chi connectivity index (χ1v) is 9.31. The van der Waals surface area contributed by atoms with Crippen molar-refractivity contribution in [3.8, 4) is 17.7 Å². The topological polar surface area (TPSA) is 105 Å². The number of anilines is 4. The summed E-state index contributed by atoms with van der Waals surface area (Å²) in [5, 5.41) is 15.8. The van der Waals surface area contributed by atoms with Crippen molar-refractivity contribution in [2.75, 3.05) is 23.0 Å². The third-order valence-electron chi connectivity index (χ3n) is 4.56. The van der Waals surface area contributed by atoms with Crippen molar-refractivity contribution in [2.45, 2.75) is 20.1 Å². The summed E-state index contributed by atoms with van der Waals surface area (Å²) in [6, 6.07) is 17.6. The van der Waals surface area contributed by atoms with Crippen molar-refractivity contribution in [3.05, 3.63) is 65.2 Å². The minimum absolute atomic E-state index is 0.228. The molecule has 7 nitrogen and oxygen atoms in total. The van der Waals surface area contributed by atoms with Gasteiger partial charge in [0, 0.05) is 17.3 Å². The fourth-order valence-corrected chi connectivity index (χ4v) is 3.16. The molecule has 1 aliphatic rings. The Kier molecular flexibility index (Phi) is 4.83. The van der Waals surface area contributed by atoms with E-state index in [-0.39, 0.29) is 17.7 Å². The van der Waals surface area contributed by atoms with Gasteiger partial charge >= 0.3 is 0 Å². The minimum Gasteiger partial charge on any atom is -0.477 e. The molecule has 0 fully saturated rings. The third-order valence-corrected chi connectivity index (χ3v) is 4.56. The van der Waals surface area contributed by atoms with Crippen LogP contribution in [0.3, 0.4) is 0 Å². The number of pyridine rings is 1. The number of hydrogen-bond donors (Lipinski definition) is 3. The molecule has 0 amide bonds. The Balaban J connectivity index is 1.50. The highest BCUT2D eigenvalue weighted by Crippen LogP contribution is 2.38. The Morgan fingerprint density at radius 3 is 2.76 bits per heavy atom. The third kappa shape index (κ3) is 3.73. The highest BCUT2D eigenvalue weighted by molar-refractivity contribution is 5.68. The van der Waals surface area contributed by atoms with Gasteiger partial charge in [0.25, 0.3) is 0 Å². The molecule has 0 bridgehead atoms. The first-order valence-electron chi connectivity index (χ1n) is 9.31. The van der Waals surface area contributed by atoms with E-state index in [1.165, 1.54) is 5.56 Å². The molecule has 1 unspecified atom stereocenters. The molecule has 4 N–H and O–H groups in total. The summed E-state index contributed by atoms with van der Waals surface area (Å²) in [7, 11) is 0. The van der Waals surface area contributed by atoms with Crippen molar-refractivity contribution in [1.82, 2.24) is 4.98 Å². The quantitative estimate of drug-likeness (QED) is 0.592. The molecule has 0 radical (unpaired) electrons. The van der Waals surface area contributed by atoms with Gasteiger partial charge in [0.1, 0.15) is 23.2 Å². The zero-order valence-electron chi connectivity index (χ0n) is 16.2. The van der Waals surface area contributed by atoms with Gasteiger partial charge in [-0.05, 0) is 43.7 Å². The van der Waals surface area contributed by atoms with Crippen molar-refractivity contribution in [1.29, 1.82) is 5.26 Å². The number of nitrogens with one attached hydrogen (secondary N) is 2. The van der Waals surface area contributed by atoms with E-state index >= 15 is 0 Å². The Morgan fingerprint density at radius 1 is 1.24 bits per heavy atom. The lowest BCUT2D eigenvalue weighted by atomic mass is 10.1. The number of nitrogens with two attached hydrogens (primary N) is 1. The maximum absolute atomic E-state index is 9.23. The van der Waals surface area contributed by atoms with Crippen LogP contribution in [0.1, 0.15) is 29.8 Å². The summed E-state index contributed by atoms with van der Waals surface area (Å²) in [5.41, 5.74) is 10.6. The first-order chi connectivity index (χ1) is 14.1. The number of ether oxygens (including phenoxy) is 2.